The minimum absolute atomic E-state index is 0.124. The van der Waals surface area contributed by atoms with Gasteiger partial charge in [0.2, 0.25) is 15.9 Å². The lowest BCUT2D eigenvalue weighted by Crippen LogP contribution is -2.30. The number of benzene rings is 2. The molecule has 1 atom stereocenters. The number of hydrogen-bond acceptors (Lipinski definition) is 3. The zero-order valence-corrected chi connectivity index (χ0v) is 19.0. The van der Waals surface area contributed by atoms with Gasteiger partial charge in [-0.15, -0.1) is 0 Å². The fraction of sp³-hybridized carbons (Fsp3) is 0.458. The maximum Gasteiger partial charge on any atom is 0.243 e. The average Bonchev–Trinajstić information content (AvgIpc) is 3.07. The topological polar surface area (TPSA) is 57.7 Å². The van der Waals surface area contributed by atoms with E-state index < -0.39 is 10.0 Å². The second kappa shape index (κ2) is 9.75. The molecule has 162 valence electrons. The third-order valence-corrected chi connectivity index (χ3v) is 8.04. The molecule has 1 heterocycles. The molecule has 2 aromatic rings. The number of aryl methyl sites for hydroxylation is 2. The lowest BCUT2D eigenvalue weighted by molar-refractivity contribution is -0.126. The molecule has 5 nitrogen and oxygen atoms in total. The second-order valence-corrected chi connectivity index (χ2v) is 9.90. The van der Waals surface area contributed by atoms with Crippen molar-refractivity contribution in [2.75, 3.05) is 26.7 Å². The van der Waals surface area contributed by atoms with Gasteiger partial charge in [-0.25, -0.2) is 8.42 Å². The normalized spacial score (nSPS) is 17.1. The van der Waals surface area contributed by atoms with Gasteiger partial charge in [-0.05, 0) is 48.1 Å². The number of carbonyl (C=O) groups is 1. The molecule has 30 heavy (non-hydrogen) atoms. The van der Waals surface area contributed by atoms with Gasteiger partial charge in [0.25, 0.3) is 0 Å². The van der Waals surface area contributed by atoms with Gasteiger partial charge in [-0.3, -0.25) is 4.79 Å². The predicted molar refractivity (Wildman–Crippen MR) is 120 cm³/mol. The Morgan fingerprint density at radius 2 is 1.73 bits per heavy atom. The van der Waals surface area contributed by atoms with Crippen LogP contribution in [0.4, 0.5) is 0 Å². The van der Waals surface area contributed by atoms with E-state index in [1.807, 2.05) is 51.2 Å². The Labute approximate surface area is 180 Å². The molecule has 1 unspecified atom stereocenters. The van der Waals surface area contributed by atoms with Gasteiger partial charge in [-0.2, -0.15) is 4.31 Å². The van der Waals surface area contributed by atoms with E-state index in [2.05, 4.69) is 12.1 Å². The molecule has 1 saturated heterocycles. The van der Waals surface area contributed by atoms with Gasteiger partial charge in [0.15, 0.2) is 0 Å². The molecular weight excluding hydrogens is 396 g/mol. The van der Waals surface area contributed by atoms with Crippen LogP contribution < -0.4 is 0 Å². The van der Waals surface area contributed by atoms with E-state index in [1.54, 1.807) is 11.0 Å². The Morgan fingerprint density at radius 1 is 1.03 bits per heavy atom. The van der Waals surface area contributed by atoms with E-state index in [4.69, 9.17) is 0 Å². The Morgan fingerprint density at radius 3 is 2.33 bits per heavy atom. The second-order valence-electron chi connectivity index (χ2n) is 7.96. The molecular formula is C24H32N2O3S. The van der Waals surface area contributed by atoms with Crippen molar-refractivity contribution >= 4 is 15.9 Å². The zero-order valence-electron chi connectivity index (χ0n) is 18.2. The Balaban J connectivity index is 1.89. The first kappa shape index (κ1) is 22.5. The predicted octanol–water partition coefficient (Wildman–Crippen LogP) is 3.84. The highest BCUT2D eigenvalue weighted by Gasteiger charge is 2.30. The summed E-state index contributed by atoms with van der Waals surface area (Å²) in [6.07, 6.45) is 3.16. The van der Waals surface area contributed by atoms with E-state index in [0.717, 1.165) is 30.4 Å². The van der Waals surface area contributed by atoms with Crippen LogP contribution in [-0.4, -0.2) is 50.2 Å². The highest BCUT2D eigenvalue weighted by molar-refractivity contribution is 7.89. The first-order valence-corrected chi connectivity index (χ1v) is 12.2. The molecule has 6 heteroatoms. The van der Waals surface area contributed by atoms with Crippen molar-refractivity contribution in [3.63, 3.8) is 0 Å². The van der Waals surface area contributed by atoms with Crippen molar-refractivity contribution < 1.29 is 13.2 Å². The third kappa shape index (κ3) is 4.93. The van der Waals surface area contributed by atoms with Gasteiger partial charge < -0.3 is 4.90 Å². The van der Waals surface area contributed by atoms with E-state index in [-0.39, 0.29) is 11.8 Å². The van der Waals surface area contributed by atoms with Crippen molar-refractivity contribution in [1.29, 1.82) is 0 Å². The van der Waals surface area contributed by atoms with Gasteiger partial charge in [0.1, 0.15) is 0 Å². The van der Waals surface area contributed by atoms with Crippen LogP contribution in [0.3, 0.4) is 0 Å². The third-order valence-electron chi connectivity index (χ3n) is 5.99. The number of hydrogen-bond donors (Lipinski definition) is 0. The maximum atomic E-state index is 13.0. The van der Waals surface area contributed by atoms with Crippen LogP contribution in [0.15, 0.2) is 53.4 Å². The van der Waals surface area contributed by atoms with Crippen molar-refractivity contribution in [3.8, 4) is 0 Å². The standard InChI is InChI=1S/C24H32N2O3S/c1-4-26(5-2)30(28,29)22-14-15-23(21-17-24(27)25(3)18-21)20(16-22)13-9-12-19-10-7-6-8-11-19/h6-8,10-11,14-16,21H,4-5,9,12-13,17-18H2,1-3H3. The molecule has 0 aliphatic carbocycles. The summed E-state index contributed by atoms with van der Waals surface area (Å²) in [7, 11) is -1.68. The van der Waals surface area contributed by atoms with Crippen LogP contribution in [0.2, 0.25) is 0 Å². The van der Waals surface area contributed by atoms with Crippen LogP contribution in [0, 0.1) is 0 Å². The highest BCUT2D eigenvalue weighted by Crippen LogP contribution is 2.32. The molecule has 0 bridgehead atoms. The molecule has 1 amide bonds. The monoisotopic (exact) mass is 428 g/mol. The first-order valence-electron chi connectivity index (χ1n) is 10.8. The molecule has 0 N–H and O–H groups in total. The number of likely N-dealkylation sites (tertiary alicyclic amines) is 1. The first-order chi connectivity index (χ1) is 14.4. The summed E-state index contributed by atoms with van der Waals surface area (Å²) in [4.78, 5) is 14.2. The largest absolute Gasteiger partial charge is 0.345 e. The number of nitrogens with zero attached hydrogens (tertiary/aromatic N) is 2. The van der Waals surface area contributed by atoms with Crippen LogP contribution in [0.5, 0.6) is 0 Å². The van der Waals surface area contributed by atoms with Crippen molar-refractivity contribution in [1.82, 2.24) is 9.21 Å². The van der Waals surface area contributed by atoms with E-state index in [0.29, 0.717) is 31.0 Å². The summed E-state index contributed by atoms with van der Waals surface area (Å²) in [5, 5.41) is 0. The van der Waals surface area contributed by atoms with Gasteiger partial charge in [0.05, 0.1) is 4.90 Å². The van der Waals surface area contributed by atoms with E-state index >= 15 is 0 Å². The number of amides is 1. The van der Waals surface area contributed by atoms with Crippen molar-refractivity contribution in [2.24, 2.45) is 0 Å². The van der Waals surface area contributed by atoms with Crippen molar-refractivity contribution in [3.05, 3.63) is 65.2 Å². The molecule has 0 aromatic heterocycles. The molecule has 1 aliphatic heterocycles. The van der Waals surface area contributed by atoms with Crippen LogP contribution in [-0.2, 0) is 27.7 Å². The quantitative estimate of drug-likeness (QED) is 0.610. The summed E-state index contributed by atoms with van der Waals surface area (Å²) in [6, 6.07) is 15.8. The number of carbonyl (C=O) groups excluding carboxylic acids is 1. The minimum atomic E-state index is -3.51. The minimum Gasteiger partial charge on any atom is -0.345 e. The van der Waals surface area contributed by atoms with Gasteiger partial charge in [-0.1, -0.05) is 50.2 Å². The zero-order chi connectivity index (χ0) is 21.7. The molecule has 1 fully saturated rings. The smallest absolute Gasteiger partial charge is 0.243 e. The summed E-state index contributed by atoms with van der Waals surface area (Å²) in [5.74, 6) is 0.273. The van der Waals surface area contributed by atoms with Crippen LogP contribution in [0.1, 0.15) is 49.3 Å². The number of rotatable bonds is 9. The number of sulfonamides is 1. The fourth-order valence-corrected chi connectivity index (χ4v) is 5.78. The van der Waals surface area contributed by atoms with E-state index in [9.17, 15) is 13.2 Å². The summed E-state index contributed by atoms with van der Waals surface area (Å²) < 4.78 is 27.6. The van der Waals surface area contributed by atoms with E-state index in [1.165, 1.54) is 9.87 Å². The Bertz CT molecular complexity index is 969. The SMILES string of the molecule is CCN(CC)S(=O)(=O)c1ccc(C2CC(=O)N(C)C2)c(CCCc2ccccc2)c1. The van der Waals surface area contributed by atoms with Crippen LogP contribution in [0.25, 0.3) is 0 Å². The lowest BCUT2D eigenvalue weighted by atomic mass is 9.90. The molecule has 0 saturated carbocycles. The Hall–Kier alpha value is -2.18. The summed E-state index contributed by atoms with van der Waals surface area (Å²) in [6.45, 7) is 5.30. The summed E-state index contributed by atoms with van der Waals surface area (Å²) >= 11 is 0. The lowest BCUT2D eigenvalue weighted by Gasteiger charge is -2.21. The molecule has 0 radical (unpaired) electrons. The molecule has 2 aromatic carbocycles. The van der Waals surface area contributed by atoms with Crippen molar-refractivity contribution in [2.45, 2.75) is 50.3 Å². The summed E-state index contributed by atoms with van der Waals surface area (Å²) in [5.41, 5.74) is 3.44. The maximum absolute atomic E-state index is 13.0. The molecule has 1 aliphatic rings. The average molecular weight is 429 g/mol. The van der Waals surface area contributed by atoms with Gasteiger partial charge >= 0.3 is 0 Å². The number of likely N-dealkylation sites (N-methyl/N-ethyl adjacent to an activating group) is 1. The van der Waals surface area contributed by atoms with Crippen LogP contribution >= 0.6 is 0 Å². The molecule has 0 spiro atoms. The fourth-order valence-electron chi connectivity index (χ4n) is 4.27. The molecule has 3 rings (SSSR count). The highest BCUT2D eigenvalue weighted by atomic mass is 32.2. The Kier molecular flexibility index (Phi) is 7.32. The van der Waals surface area contributed by atoms with Gasteiger partial charge in [0, 0.05) is 39.0 Å².